The molecule has 3 N–H and O–H groups in total. The zero-order chi connectivity index (χ0) is 41.0. The van der Waals surface area contributed by atoms with Crippen LogP contribution in [0.5, 0.6) is 5.75 Å². The van der Waals surface area contributed by atoms with Crippen molar-refractivity contribution in [2.45, 2.75) is 161 Å². The number of unbranched alkanes of at least 4 members (excludes halogenated alkanes) is 18. The van der Waals surface area contributed by atoms with Crippen LogP contribution in [-0.4, -0.2) is 43.5 Å². The summed E-state index contributed by atoms with van der Waals surface area (Å²) in [5.41, 5.74) is 2.23. The quantitative estimate of drug-likeness (QED) is 0.0349. The Balaban J connectivity index is 1.24. The summed E-state index contributed by atoms with van der Waals surface area (Å²) in [6, 6.07) is 26.1. The molecular formula is C51H73N3O4. The number of hydrogen-bond donors (Lipinski definition) is 3. The molecule has 0 aromatic heterocycles. The fourth-order valence-electron chi connectivity index (χ4n) is 7.85. The van der Waals surface area contributed by atoms with Crippen molar-refractivity contribution < 1.29 is 19.1 Å². The molecule has 0 saturated heterocycles. The fraction of sp³-hybridized carbons (Fsp3) is 0.549. The van der Waals surface area contributed by atoms with Gasteiger partial charge < -0.3 is 20.7 Å². The van der Waals surface area contributed by atoms with Gasteiger partial charge in [0, 0.05) is 19.5 Å². The number of carbonyl (C=O) groups is 3. The summed E-state index contributed by atoms with van der Waals surface area (Å²) >= 11 is 0. The molecule has 0 bridgehead atoms. The van der Waals surface area contributed by atoms with Gasteiger partial charge in [-0.1, -0.05) is 190 Å². The standard InChI is InChI=1S/C51H73N3O4/c1-3-5-7-9-11-13-15-17-19-25-37-52-48(55)36-35-47(51(57)53-38-26-20-18-16-14-12-10-8-6-4-2)54-49(56)40-58-44-33-31-41(32-34-44)50-45-29-23-21-27-42(45)39-43-28-22-24-30-46(43)50/h21-24,27-34,39,47H,3-20,25-26,35-38,40H2,1-2H3,(H,52,55)(H,53,57)(H,54,56)/t47-/m0/s1. The zero-order valence-electron chi connectivity index (χ0n) is 35.9. The number of benzene rings is 4. The second-order valence-corrected chi connectivity index (χ2v) is 16.2. The largest absolute Gasteiger partial charge is 0.484 e. The summed E-state index contributed by atoms with van der Waals surface area (Å²) in [5, 5.41) is 13.6. The van der Waals surface area contributed by atoms with Crippen LogP contribution in [0.1, 0.15) is 155 Å². The second-order valence-electron chi connectivity index (χ2n) is 16.2. The minimum atomic E-state index is -0.815. The van der Waals surface area contributed by atoms with E-state index in [1.54, 1.807) is 0 Å². The van der Waals surface area contributed by atoms with Crippen LogP contribution in [0.2, 0.25) is 0 Å². The molecule has 3 amide bonds. The van der Waals surface area contributed by atoms with Gasteiger partial charge in [0.15, 0.2) is 6.61 Å². The molecule has 0 radical (unpaired) electrons. The van der Waals surface area contributed by atoms with Crippen molar-refractivity contribution in [3.8, 4) is 16.9 Å². The first-order valence-electron chi connectivity index (χ1n) is 23.0. The average molecular weight is 792 g/mol. The Morgan fingerprint density at radius 2 is 1.00 bits per heavy atom. The van der Waals surface area contributed by atoms with Crippen LogP contribution in [0.25, 0.3) is 32.7 Å². The minimum Gasteiger partial charge on any atom is -0.484 e. The summed E-state index contributed by atoms with van der Waals surface area (Å²) in [6.45, 7) is 5.46. The van der Waals surface area contributed by atoms with E-state index < -0.39 is 11.9 Å². The van der Waals surface area contributed by atoms with E-state index in [1.807, 2.05) is 24.3 Å². The highest BCUT2D eigenvalue weighted by Gasteiger charge is 2.22. The van der Waals surface area contributed by atoms with Crippen molar-refractivity contribution in [2.75, 3.05) is 19.7 Å². The molecule has 0 heterocycles. The van der Waals surface area contributed by atoms with E-state index in [9.17, 15) is 14.4 Å². The third-order valence-corrected chi connectivity index (χ3v) is 11.3. The lowest BCUT2D eigenvalue weighted by molar-refractivity contribution is -0.130. The maximum Gasteiger partial charge on any atom is 0.258 e. The second kappa shape index (κ2) is 28.1. The predicted molar refractivity (Wildman–Crippen MR) is 243 cm³/mol. The lowest BCUT2D eigenvalue weighted by atomic mass is 9.92. The Bertz CT molecular complexity index is 1720. The molecule has 58 heavy (non-hydrogen) atoms. The van der Waals surface area contributed by atoms with Gasteiger partial charge in [-0.3, -0.25) is 14.4 Å². The third kappa shape index (κ3) is 17.2. The molecule has 4 rings (SSSR count). The van der Waals surface area contributed by atoms with E-state index >= 15 is 0 Å². The maximum atomic E-state index is 13.3. The van der Waals surface area contributed by atoms with Crippen molar-refractivity contribution in [1.82, 2.24) is 16.0 Å². The maximum absolute atomic E-state index is 13.3. The van der Waals surface area contributed by atoms with Gasteiger partial charge in [0.2, 0.25) is 11.8 Å². The molecule has 0 fully saturated rings. The minimum absolute atomic E-state index is 0.0898. The van der Waals surface area contributed by atoms with Crippen LogP contribution in [0.15, 0.2) is 78.9 Å². The Morgan fingerprint density at radius 3 is 1.52 bits per heavy atom. The molecule has 4 aromatic carbocycles. The zero-order valence-corrected chi connectivity index (χ0v) is 35.9. The summed E-state index contributed by atoms with van der Waals surface area (Å²) in [6.07, 6.45) is 25.1. The van der Waals surface area contributed by atoms with Crippen molar-refractivity contribution in [3.05, 3.63) is 78.9 Å². The van der Waals surface area contributed by atoms with Crippen molar-refractivity contribution in [1.29, 1.82) is 0 Å². The van der Waals surface area contributed by atoms with Gasteiger partial charge in [-0.25, -0.2) is 0 Å². The molecule has 0 aliphatic carbocycles. The molecule has 0 aliphatic heterocycles. The number of amides is 3. The summed E-state index contributed by atoms with van der Waals surface area (Å²) in [5.74, 6) is -0.169. The highest BCUT2D eigenvalue weighted by Crippen LogP contribution is 2.37. The molecule has 4 aromatic rings. The average Bonchev–Trinajstić information content (AvgIpc) is 3.24. The summed E-state index contributed by atoms with van der Waals surface area (Å²) in [4.78, 5) is 39.3. The Kier molecular flexibility index (Phi) is 22.4. The van der Waals surface area contributed by atoms with Gasteiger partial charge in [-0.2, -0.15) is 0 Å². The molecular weight excluding hydrogens is 719 g/mol. The van der Waals surface area contributed by atoms with Crippen LogP contribution in [0.4, 0.5) is 0 Å². The topological polar surface area (TPSA) is 96.5 Å². The molecule has 0 saturated carbocycles. The molecule has 1 atom stereocenters. The predicted octanol–water partition coefficient (Wildman–Crippen LogP) is 12.4. The van der Waals surface area contributed by atoms with E-state index in [0.29, 0.717) is 18.8 Å². The summed E-state index contributed by atoms with van der Waals surface area (Å²) in [7, 11) is 0. The number of carbonyl (C=O) groups excluding carboxylic acids is 3. The normalized spacial score (nSPS) is 11.8. The highest BCUT2D eigenvalue weighted by atomic mass is 16.5. The Hall–Kier alpha value is -4.39. The SMILES string of the molecule is CCCCCCCCCCCCNC(=O)CC[C@H](NC(=O)COc1ccc(-c2c3ccccc3cc3ccccc23)cc1)C(=O)NCCCCCCCCCCCC. The number of ether oxygens (including phenoxy) is 1. The first-order chi connectivity index (χ1) is 28.5. The van der Waals surface area contributed by atoms with Crippen LogP contribution >= 0.6 is 0 Å². The van der Waals surface area contributed by atoms with E-state index in [2.05, 4.69) is 84.4 Å². The number of hydrogen-bond acceptors (Lipinski definition) is 4. The van der Waals surface area contributed by atoms with Gasteiger partial charge in [0.1, 0.15) is 11.8 Å². The Labute approximate surface area is 349 Å². The monoisotopic (exact) mass is 792 g/mol. The van der Waals surface area contributed by atoms with Gasteiger partial charge in [-0.15, -0.1) is 0 Å². The lowest BCUT2D eigenvalue weighted by Gasteiger charge is -2.19. The van der Waals surface area contributed by atoms with Crippen LogP contribution in [-0.2, 0) is 14.4 Å². The van der Waals surface area contributed by atoms with Crippen molar-refractivity contribution in [2.24, 2.45) is 0 Å². The van der Waals surface area contributed by atoms with E-state index in [1.165, 1.54) is 124 Å². The van der Waals surface area contributed by atoms with Gasteiger partial charge in [0.25, 0.3) is 5.91 Å². The number of nitrogens with one attached hydrogen (secondary N) is 3. The molecule has 0 unspecified atom stereocenters. The first-order valence-corrected chi connectivity index (χ1v) is 23.0. The molecule has 7 heteroatoms. The van der Waals surface area contributed by atoms with E-state index in [-0.39, 0.29) is 31.3 Å². The van der Waals surface area contributed by atoms with E-state index in [0.717, 1.165) is 36.8 Å². The first kappa shape index (κ1) is 46.3. The van der Waals surface area contributed by atoms with Gasteiger partial charge in [-0.05, 0) is 70.1 Å². The molecule has 0 aliphatic rings. The molecule has 0 spiro atoms. The number of rotatable bonds is 31. The molecule has 316 valence electrons. The van der Waals surface area contributed by atoms with Crippen LogP contribution in [0, 0.1) is 0 Å². The number of fused-ring (bicyclic) bond motifs is 2. The molecule has 7 nitrogen and oxygen atoms in total. The lowest BCUT2D eigenvalue weighted by Crippen LogP contribution is -2.48. The van der Waals surface area contributed by atoms with Crippen LogP contribution < -0.4 is 20.7 Å². The van der Waals surface area contributed by atoms with Gasteiger partial charge in [0.05, 0.1) is 0 Å². The fourth-order valence-corrected chi connectivity index (χ4v) is 7.85. The Morgan fingerprint density at radius 1 is 0.534 bits per heavy atom. The van der Waals surface area contributed by atoms with Gasteiger partial charge >= 0.3 is 0 Å². The third-order valence-electron chi connectivity index (χ3n) is 11.3. The highest BCUT2D eigenvalue weighted by molar-refractivity contribution is 6.12. The summed E-state index contributed by atoms with van der Waals surface area (Å²) < 4.78 is 5.91. The van der Waals surface area contributed by atoms with E-state index in [4.69, 9.17) is 4.74 Å². The smallest absolute Gasteiger partial charge is 0.258 e. The van der Waals surface area contributed by atoms with Crippen molar-refractivity contribution >= 4 is 39.3 Å². The van der Waals surface area contributed by atoms with Crippen molar-refractivity contribution in [3.63, 3.8) is 0 Å². The van der Waals surface area contributed by atoms with Crippen LogP contribution in [0.3, 0.4) is 0 Å².